The zero-order valence-corrected chi connectivity index (χ0v) is 16.9. The number of hydrogen-bond acceptors (Lipinski definition) is 5. The van der Waals surface area contributed by atoms with Crippen LogP contribution < -0.4 is 25.0 Å². The van der Waals surface area contributed by atoms with Gasteiger partial charge in [-0.05, 0) is 19.1 Å². The summed E-state index contributed by atoms with van der Waals surface area (Å²) >= 11 is 6.31. The Labute approximate surface area is 171 Å². The van der Waals surface area contributed by atoms with Crippen molar-refractivity contribution >= 4 is 34.1 Å². The normalized spacial score (nSPS) is 15.0. The molecule has 1 atom stereocenters. The largest absolute Gasteiger partial charge is 0.497 e. The molecule has 0 aliphatic carbocycles. The number of hydrogen-bond donors (Lipinski definition) is 1. The first-order valence-electron chi connectivity index (χ1n) is 8.98. The minimum atomic E-state index is -0.545. The van der Waals surface area contributed by atoms with Gasteiger partial charge in [-0.2, -0.15) is 0 Å². The Balaban J connectivity index is 1.81. The minimum Gasteiger partial charge on any atom is -0.497 e. The summed E-state index contributed by atoms with van der Waals surface area (Å²) in [5, 5.41) is 3.29. The van der Waals surface area contributed by atoms with Crippen LogP contribution in [0.2, 0.25) is 5.02 Å². The molecule has 0 saturated heterocycles. The summed E-state index contributed by atoms with van der Waals surface area (Å²) < 4.78 is 18.1. The lowest BCUT2D eigenvalue weighted by molar-refractivity contribution is 0.102. The number of amides is 1. The first kappa shape index (κ1) is 19.1. The molecule has 4 rings (SSSR count). The van der Waals surface area contributed by atoms with Crippen molar-refractivity contribution < 1.29 is 19.0 Å². The number of anilines is 1. The number of carbonyl (C=O) groups excluding carboxylic acids is 1. The Morgan fingerprint density at radius 2 is 1.90 bits per heavy atom. The highest BCUT2D eigenvalue weighted by Crippen LogP contribution is 2.33. The number of pyridine rings is 1. The summed E-state index contributed by atoms with van der Waals surface area (Å²) in [6.45, 7) is 2.42. The molecule has 1 aromatic heterocycles. The average molecular weight is 415 g/mol. The molecule has 1 unspecified atom stereocenters. The van der Waals surface area contributed by atoms with Gasteiger partial charge in [-0.15, -0.1) is 0 Å². The molecule has 1 aliphatic heterocycles. The summed E-state index contributed by atoms with van der Waals surface area (Å²) in [7, 11) is 3.04. The number of rotatable bonds is 4. The third-order valence-corrected chi connectivity index (χ3v) is 5.08. The second kappa shape index (κ2) is 7.33. The van der Waals surface area contributed by atoms with E-state index in [0.29, 0.717) is 35.0 Å². The Bertz CT molecular complexity index is 1170. The van der Waals surface area contributed by atoms with E-state index in [2.05, 4.69) is 5.32 Å². The second-order valence-electron chi connectivity index (χ2n) is 6.78. The van der Waals surface area contributed by atoms with Crippen molar-refractivity contribution in [3.63, 3.8) is 0 Å². The van der Waals surface area contributed by atoms with Crippen molar-refractivity contribution in [2.45, 2.75) is 19.6 Å². The predicted molar refractivity (Wildman–Crippen MR) is 111 cm³/mol. The van der Waals surface area contributed by atoms with Crippen LogP contribution in [0.3, 0.4) is 0 Å². The third-order valence-electron chi connectivity index (χ3n) is 4.77. The summed E-state index contributed by atoms with van der Waals surface area (Å²) in [6.07, 6.45) is 1.45. The fraction of sp³-hybridized carbons (Fsp3) is 0.238. The predicted octanol–water partition coefficient (Wildman–Crippen LogP) is 3.71. The van der Waals surface area contributed by atoms with Crippen molar-refractivity contribution in [2.24, 2.45) is 0 Å². The fourth-order valence-corrected chi connectivity index (χ4v) is 3.71. The maximum absolute atomic E-state index is 13.1. The van der Waals surface area contributed by atoms with E-state index in [0.717, 1.165) is 0 Å². The molecule has 0 fully saturated rings. The molecule has 3 aromatic rings. The van der Waals surface area contributed by atoms with Crippen LogP contribution in [0.4, 0.5) is 5.69 Å². The third kappa shape index (κ3) is 3.38. The van der Waals surface area contributed by atoms with Gasteiger partial charge in [-0.3, -0.25) is 9.59 Å². The van der Waals surface area contributed by atoms with E-state index < -0.39 is 11.3 Å². The quantitative estimate of drug-likeness (QED) is 0.704. The number of aromatic nitrogens is 1. The molecule has 1 N–H and O–H groups in total. The number of carbonyl (C=O) groups is 1. The molecule has 0 radical (unpaired) electrons. The van der Waals surface area contributed by atoms with Gasteiger partial charge in [0.2, 0.25) is 5.43 Å². The number of ether oxygens (including phenoxy) is 3. The number of benzene rings is 2. The van der Waals surface area contributed by atoms with Gasteiger partial charge in [0, 0.05) is 30.1 Å². The van der Waals surface area contributed by atoms with Crippen LogP contribution in [0.5, 0.6) is 17.2 Å². The van der Waals surface area contributed by atoms with Crippen LogP contribution in [0.1, 0.15) is 17.3 Å². The summed E-state index contributed by atoms with van der Waals surface area (Å²) in [5.41, 5.74) is 0.585. The molecule has 8 heteroatoms. The van der Waals surface area contributed by atoms with Gasteiger partial charge in [-0.25, -0.2) is 0 Å². The molecule has 0 saturated carbocycles. The van der Waals surface area contributed by atoms with Crippen molar-refractivity contribution in [2.75, 3.05) is 19.5 Å². The molecule has 0 bridgehead atoms. The minimum absolute atomic E-state index is 0.00700. The van der Waals surface area contributed by atoms with Crippen molar-refractivity contribution in [3.05, 3.63) is 57.3 Å². The Morgan fingerprint density at radius 1 is 1.21 bits per heavy atom. The van der Waals surface area contributed by atoms with E-state index >= 15 is 0 Å². The lowest BCUT2D eigenvalue weighted by Gasteiger charge is -2.26. The lowest BCUT2D eigenvalue weighted by atomic mass is 10.1. The molecule has 2 aromatic carbocycles. The van der Waals surface area contributed by atoms with Crippen molar-refractivity contribution in [3.8, 4) is 17.2 Å². The standard InChI is InChI=1S/C21H19ClN2O5/c1-11-9-24-10-15(20(25)18-16(22)4-5-17(29-11)19(18)24)21(26)23-12-6-13(27-2)8-14(7-12)28-3/h4-8,10-11H,9H2,1-3H3,(H,23,26). The van der Waals surface area contributed by atoms with Gasteiger partial charge in [0.15, 0.2) is 0 Å². The van der Waals surface area contributed by atoms with Gasteiger partial charge in [0.25, 0.3) is 5.91 Å². The molecule has 150 valence electrons. The van der Waals surface area contributed by atoms with Crippen LogP contribution in [0.15, 0.2) is 41.3 Å². The molecule has 7 nitrogen and oxygen atoms in total. The van der Waals surface area contributed by atoms with Gasteiger partial charge in [0.05, 0.1) is 36.7 Å². The van der Waals surface area contributed by atoms with E-state index in [1.165, 1.54) is 14.2 Å². The summed E-state index contributed by atoms with van der Waals surface area (Å²) in [5.74, 6) is 1.06. The van der Waals surface area contributed by atoms with E-state index in [4.69, 9.17) is 25.8 Å². The molecular weight excluding hydrogens is 396 g/mol. The Hall–Kier alpha value is -3.19. The first-order valence-corrected chi connectivity index (χ1v) is 9.35. The van der Waals surface area contributed by atoms with Crippen LogP contribution in [-0.4, -0.2) is 30.8 Å². The number of nitrogens with one attached hydrogen (secondary N) is 1. The summed E-state index contributed by atoms with van der Waals surface area (Å²) in [6, 6.07) is 8.32. The maximum atomic E-state index is 13.1. The first-order chi connectivity index (χ1) is 13.9. The van der Waals surface area contributed by atoms with Crippen molar-refractivity contribution in [1.29, 1.82) is 0 Å². The van der Waals surface area contributed by atoms with Gasteiger partial charge in [0.1, 0.15) is 28.9 Å². The molecular formula is C21H19ClN2O5. The number of nitrogens with zero attached hydrogens (tertiary/aromatic N) is 1. The average Bonchev–Trinajstić information content (AvgIpc) is 2.70. The zero-order chi connectivity index (χ0) is 20.7. The number of halogens is 1. The molecule has 29 heavy (non-hydrogen) atoms. The van der Waals surface area contributed by atoms with Crippen molar-refractivity contribution in [1.82, 2.24) is 4.57 Å². The fourth-order valence-electron chi connectivity index (χ4n) is 3.47. The van der Waals surface area contributed by atoms with Crippen LogP contribution in [-0.2, 0) is 6.54 Å². The monoisotopic (exact) mass is 414 g/mol. The highest BCUT2D eigenvalue weighted by molar-refractivity contribution is 6.35. The van der Waals surface area contributed by atoms with E-state index in [-0.39, 0.29) is 22.1 Å². The Kier molecular flexibility index (Phi) is 4.84. The van der Waals surface area contributed by atoms with E-state index in [1.807, 2.05) is 11.5 Å². The smallest absolute Gasteiger partial charge is 0.261 e. The molecule has 1 amide bonds. The second-order valence-corrected chi connectivity index (χ2v) is 7.18. The molecule has 0 spiro atoms. The van der Waals surface area contributed by atoms with Crippen LogP contribution in [0.25, 0.3) is 10.9 Å². The highest BCUT2D eigenvalue weighted by Gasteiger charge is 2.24. The van der Waals surface area contributed by atoms with E-state index in [9.17, 15) is 9.59 Å². The SMILES string of the molecule is COc1cc(NC(=O)c2cn3c4c(ccc(Cl)c4c2=O)OC(C)C3)cc(OC)c1. The van der Waals surface area contributed by atoms with Crippen LogP contribution >= 0.6 is 11.6 Å². The summed E-state index contributed by atoms with van der Waals surface area (Å²) in [4.78, 5) is 26.1. The molecule has 1 aliphatic rings. The topological polar surface area (TPSA) is 78.8 Å². The van der Waals surface area contributed by atoms with Crippen LogP contribution in [0, 0.1) is 0 Å². The maximum Gasteiger partial charge on any atom is 0.261 e. The van der Waals surface area contributed by atoms with Gasteiger partial charge in [-0.1, -0.05) is 11.6 Å². The van der Waals surface area contributed by atoms with Gasteiger partial charge >= 0.3 is 0 Å². The number of methoxy groups -OCH3 is 2. The highest BCUT2D eigenvalue weighted by atomic mass is 35.5. The Morgan fingerprint density at radius 3 is 2.55 bits per heavy atom. The lowest BCUT2D eigenvalue weighted by Crippen LogP contribution is -2.30. The van der Waals surface area contributed by atoms with E-state index in [1.54, 1.807) is 36.5 Å². The molecule has 2 heterocycles. The zero-order valence-electron chi connectivity index (χ0n) is 16.1. The van der Waals surface area contributed by atoms with Gasteiger partial charge < -0.3 is 24.1 Å².